The Morgan fingerprint density at radius 1 is 1.10 bits per heavy atom. The van der Waals surface area contributed by atoms with E-state index in [1.54, 1.807) is 13.2 Å². The summed E-state index contributed by atoms with van der Waals surface area (Å²) in [5, 5.41) is 10.3. The highest BCUT2D eigenvalue weighted by Gasteiger charge is 2.23. The molecule has 1 fully saturated rings. The number of ether oxygens (including phenoxy) is 1. The second-order valence-corrected chi connectivity index (χ2v) is 7.63. The molecule has 2 aromatic carbocycles. The van der Waals surface area contributed by atoms with E-state index < -0.39 is 0 Å². The van der Waals surface area contributed by atoms with E-state index in [2.05, 4.69) is 32.5 Å². The molecule has 2 heterocycles. The van der Waals surface area contributed by atoms with Crippen LogP contribution in [0, 0.1) is 0 Å². The minimum absolute atomic E-state index is 0.136. The maximum Gasteiger partial charge on any atom is 0.269 e. The van der Waals surface area contributed by atoms with Crippen LogP contribution in [-0.4, -0.2) is 47.7 Å². The lowest BCUT2D eigenvalue weighted by atomic mass is 10.0. The molecule has 156 valence electrons. The molecule has 6 nitrogen and oxygen atoms in total. The fourth-order valence-corrected chi connectivity index (χ4v) is 3.99. The number of hydrogen-bond acceptors (Lipinski definition) is 4. The van der Waals surface area contributed by atoms with Gasteiger partial charge in [-0.05, 0) is 49.7 Å². The van der Waals surface area contributed by atoms with E-state index >= 15 is 0 Å². The molecular formula is C24H28N4O2. The Kier molecular flexibility index (Phi) is 6.44. The van der Waals surface area contributed by atoms with Crippen LogP contribution < -0.4 is 10.1 Å². The monoisotopic (exact) mass is 404 g/mol. The average molecular weight is 405 g/mol. The van der Waals surface area contributed by atoms with Crippen molar-refractivity contribution in [1.82, 2.24) is 20.4 Å². The van der Waals surface area contributed by atoms with Gasteiger partial charge in [0.05, 0.1) is 18.8 Å². The zero-order valence-electron chi connectivity index (χ0n) is 17.3. The number of methoxy groups -OCH3 is 1. The predicted molar refractivity (Wildman–Crippen MR) is 118 cm³/mol. The summed E-state index contributed by atoms with van der Waals surface area (Å²) in [4.78, 5) is 15.3. The van der Waals surface area contributed by atoms with Gasteiger partial charge in [0, 0.05) is 12.1 Å². The van der Waals surface area contributed by atoms with E-state index in [0.717, 1.165) is 30.1 Å². The number of carbonyl (C=O) groups is 1. The summed E-state index contributed by atoms with van der Waals surface area (Å²) in [5.41, 5.74) is 3.41. The van der Waals surface area contributed by atoms with Gasteiger partial charge < -0.3 is 10.1 Å². The van der Waals surface area contributed by atoms with Gasteiger partial charge in [0.15, 0.2) is 0 Å². The van der Waals surface area contributed by atoms with Crippen molar-refractivity contribution >= 4 is 5.91 Å². The van der Waals surface area contributed by atoms with Crippen molar-refractivity contribution in [2.75, 3.05) is 26.7 Å². The van der Waals surface area contributed by atoms with Crippen LogP contribution in [0.25, 0.3) is 11.3 Å². The molecule has 6 heteroatoms. The first-order valence-electron chi connectivity index (χ1n) is 10.5. The normalized spacial score (nSPS) is 15.5. The second-order valence-electron chi connectivity index (χ2n) is 7.63. The lowest BCUT2D eigenvalue weighted by Crippen LogP contribution is -2.40. The van der Waals surface area contributed by atoms with Crippen LogP contribution in [-0.2, 0) is 0 Å². The molecule has 4 rings (SSSR count). The van der Waals surface area contributed by atoms with Crippen molar-refractivity contribution in [3.63, 3.8) is 0 Å². The largest absolute Gasteiger partial charge is 0.497 e. The number of carbonyl (C=O) groups excluding carboxylic acids is 1. The number of aromatic nitrogens is 2. The average Bonchev–Trinajstić information content (AvgIpc) is 3.31. The molecule has 1 aromatic heterocycles. The van der Waals surface area contributed by atoms with E-state index in [0.29, 0.717) is 12.2 Å². The highest BCUT2D eigenvalue weighted by molar-refractivity contribution is 5.93. The molecule has 30 heavy (non-hydrogen) atoms. The minimum Gasteiger partial charge on any atom is -0.497 e. The molecule has 1 aliphatic heterocycles. The Hall–Kier alpha value is -3.12. The molecule has 2 N–H and O–H groups in total. The number of piperidine rings is 1. The molecule has 0 saturated carbocycles. The minimum atomic E-state index is -0.139. The molecule has 0 spiro atoms. The highest BCUT2D eigenvalue weighted by Crippen LogP contribution is 2.26. The van der Waals surface area contributed by atoms with Gasteiger partial charge in [0.2, 0.25) is 0 Å². The van der Waals surface area contributed by atoms with Gasteiger partial charge in [-0.1, -0.05) is 48.9 Å². The molecule has 1 atom stereocenters. The molecular weight excluding hydrogens is 376 g/mol. The number of amides is 1. The highest BCUT2D eigenvalue weighted by atomic mass is 16.5. The van der Waals surface area contributed by atoms with Gasteiger partial charge in [-0.3, -0.25) is 14.8 Å². The van der Waals surface area contributed by atoms with Gasteiger partial charge in [-0.15, -0.1) is 0 Å². The zero-order chi connectivity index (χ0) is 20.8. The quantitative estimate of drug-likeness (QED) is 0.623. The molecule has 0 bridgehead atoms. The van der Waals surface area contributed by atoms with Crippen molar-refractivity contribution < 1.29 is 9.53 Å². The van der Waals surface area contributed by atoms with E-state index in [9.17, 15) is 4.79 Å². The van der Waals surface area contributed by atoms with Crippen molar-refractivity contribution in [1.29, 1.82) is 0 Å². The standard InChI is InChI=1S/C24H28N4O2/c1-30-20-12-10-19(11-13-20)23(28-14-6-3-7-15-28)17-25-24(29)22-16-21(26-27-22)18-8-4-2-5-9-18/h2,4-5,8-13,16,23H,3,6-7,14-15,17H2,1H3,(H,25,29)(H,26,27). The number of aromatic amines is 1. The predicted octanol–water partition coefficient (Wildman–Crippen LogP) is 4.04. The van der Waals surface area contributed by atoms with Gasteiger partial charge in [0.25, 0.3) is 5.91 Å². The number of benzene rings is 2. The topological polar surface area (TPSA) is 70.2 Å². The molecule has 0 aliphatic carbocycles. The van der Waals surface area contributed by atoms with Gasteiger partial charge in [-0.2, -0.15) is 5.10 Å². The van der Waals surface area contributed by atoms with Gasteiger partial charge in [0.1, 0.15) is 11.4 Å². The number of H-pyrrole nitrogens is 1. The number of hydrogen-bond donors (Lipinski definition) is 2. The molecule has 1 unspecified atom stereocenters. The zero-order valence-corrected chi connectivity index (χ0v) is 17.3. The van der Waals surface area contributed by atoms with E-state index in [1.807, 2.05) is 42.5 Å². The van der Waals surface area contributed by atoms with E-state index in [-0.39, 0.29) is 11.9 Å². The summed E-state index contributed by atoms with van der Waals surface area (Å²) in [6, 6.07) is 19.9. The Balaban J connectivity index is 1.46. The van der Waals surface area contributed by atoms with Crippen LogP contribution in [0.1, 0.15) is 41.4 Å². The molecule has 1 amide bonds. The number of nitrogens with one attached hydrogen (secondary N) is 2. The summed E-state index contributed by atoms with van der Waals surface area (Å²) in [7, 11) is 1.67. The number of likely N-dealkylation sites (tertiary alicyclic amines) is 1. The van der Waals surface area contributed by atoms with Crippen molar-refractivity contribution in [3.8, 4) is 17.0 Å². The first-order chi connectivity index (χ1) is 14.7. The number of rotatable bonds is 7. The van der Waals surface area contributed by atoms with Crippen LogP contribution in [0.15, 0.2) is 60.7 Å². The number of nitrogens with zero attached hydrogens (tertiary/aromatic N) is 2. The Morgan fingerprint density at radius 3 is 2.53 bits per heavy atom. The summed E-state index contributed by atoms with van der Waals surface area (Å²) in [5.74, 6) is 0.700. The van der Waals surface area contributed by atoms with Crippen molar-refractivity contribution in [2.24, 2.45) is 0 Å². The van der Waals surface area contributed by atoms with Crippen LogP contribution in [0.5, 0.6) is 5.75 Å². The fourth-order valence-electron chi connectivity index (χ4n) is 3.99. The summed E-state index contributed by atoms with van der Waals surface area (Å²) in [6.07, 6.45) is 3.66. The van der Waals surface area contributed by atoms with E-state index in [1.165, 1.54) is 24.8 Å². The smallest absolute Gasteiger partial charge is 0.269 e. The van der Waals surface area contributed by atoms with Gasteiger partial charge in [-0.25, -0.2) is 0 Å². The van der Waals surface area contributed by atoms with Crippen LogP contribution in [0.4, 0.5) is 0 Å². The summed E-state index contributed by atoms with van der Waals surface area (Å²) >= 11 is 0. The van der Waals surface area contributed by atoms with Crippen LogP contribution in [0.3, 0.4) is 0 Å². The second kappa shape index (κ2) is 9.59. The first-order valence-corrected chi connectivity index (χ1v) is 10.5. The van der Waals surface area contributed by atoms with Crippen molar-refractivity contribution in [3.05, 3.63) is 71.9 Å². The lowest BCUT2D eigenvalue weighted by molar-refractivity contribution is 0.0919. The maximum atomic E-state index is 12.8. The summed E-state index contributed by atoms with van der Waals surface area (Å²) < 4.78 is 5.29. The Labute approximate surface area is 177 Å². The molecule has 1 saturated heterocycles. The molecule has 0 radical (unpaired) electrons. The maximum absolute atomic E-state index is 12.8. The molecule has 1 aliphatic rings. The SMILES string of the molecule is COc1ccc(C(CNC(=O)c2cc(-c3ccccc3)n[nH]2)N2CCCCC2)cc1. The molecule has 3 aromatic rings. The van der Waals surface area contributed by atoms with Crippen molar-refractivity contribution in [2.45, 2.75) is 25.3 Å². The van der Waals surface area contributed by atoms with Crippen LogP contribution >= 0.6 is 0 Å². The summed E-state index contributed by atoms with van der Waals surface area (Å²) in [6.45, 7) is 2.65. The third kappa shape index (κ3) is 4.71. The van der Waals surface area contributed by atoms with E-state index in [4.69, 9.17) is 4.74 Å². The Bertz CT molecular complexity index is 947. The first kappa shape index (κ1) is 20.2. The third-order valence-corrected chi connectivity index (χ3v) is 5.68. The Morgan fingerprint density at radius 2 is 1.83 bits per heavy atom. The lowest BCUT2D eigenvalue weighted by Gasteiger charge is -2.35. The van der Waals surface area contributed by atoms with Crippen LogP contribution in [0.2, 0.25) is 0 Å². The fraction of sp³-hybridized carbons (Fsp3) is 0.333. The third-order valence-electron chi connectivity index (χ3n) is 5.68. The van der Waals surface area contributed by atoms with Gasteiger partial charge >= 0.3 is 0 Å².